The minimum atomic E-state index is 0.0198. The van der Waals surface area contributed by atoms with Gasteiger partial charge in [0.05, 0.1) is 12.3 Å². The molecule has 0 aliphatic carbocycles. The third-order valence-electron chi connectivity index (χ3n) is 2.57. The number of anilines is 1. The standard InChI is InChI=1S/C11H16N2OS/c1-9-7-13(4-5-15-9)11-2-3-12-10(6-11)8-14/h2-3,6,9,14H,4-5,7-8H2,1H3. The Labute approximate surface area is 94.5 Å². The third kappa shape index (κ3) is 2.63. The fourth-order valence-corrected chi connectivity index (χ4v) is 2.82. The number of thioether (sulfide) groups is 1. The molecule has 1 unspecified atom stereocenters. The number of aliphatic hydroxyl groups is 1. The van der Waals surface area contributed by atoms with E-state index in [-0.39, 0.29) is 6.61 Å². The van der Waals surface area contributed by atoms with Crippen molar-refractivity contribution in [1.82, 2.24) is 4.98 Å². The van der Waals surface area contributed by atoms with Crippen molar-refractivity contribution in [1.29, 1.82) is 0 Å². The second-order valence-corrected chi connectivity index (χ2v) is 5.34. The maximum atomic E-state index is 9.03. The molecule has 0 radical (unpaired) electrons. The van der Waals surface area contributed by atoms with E-state index in [1.54, 1.807) is 6.20 Å². The van der Waals surface area contributed by atoms with Gasteiger partial charge in [-0.1, -0.05) is 6.92 Å². The largest absolute Gasteiger partial charge is 0.390 e. The molecule has 0 amide bonds. The first kappa shape index (κ1) is 10.8. The van der Waals surface area contributed by atoms with Gasteiger partial charge in [-0.05, 0) is 12.1 Å². The van der Waals surface area contributed by atoms with Crippen LogP contribution in [-0.2, 0) is 6.61 Å². The van der Waals surface area contributed by atoms with Gasteiger partial charge in [-0.15, -0.1) is 0 Å². The van der Waals surface area contributed by atoms with Crippen molar-refractivity contribution in [2.75, 3.05) is 23.7 Å². The highest BCUT2D eigenvalue weighted by molar-refractivity contribution is 8.00. The van der Waals surface area contributed by atoms with Crippen LogP contribution in [-0.4, -0.2) is 34.2 Å². The summed E-state index contributed by atoms with van der Waals surface area (Å²) in [6, 6.07) is 3.99. The summed E-state index contributed by atoms with van der Waals surface area (Å²) in [5, 5.41) is 9.71. The summed E-state index contributed by atoms with van der Waals surface area (Å²) in [6.07, 6.45) is 1.77. The summed E-state index contributed by atoms with van der Waals surface area (Å²) in [4.78, 5) is 6.45. The molecule has 1 aliphatic heterocycles. The first-order chi connectivity index (χ1) is 7.29. The molecular weight excluding hydrogens is 208 g/mol. The van der Waals surface area contributed by atoms with Gasteiger partial charge in [0.1, 0.15) is 0 Å². The zero-order valence-corrected chi connectivity index (χ0v) is 9.70. The number of pyridine rings is 1. The molecule has 1 fully saturated rings. The van der Waals surface area contributed by atoms with E-state index in [4.69, 9.17) is 5.11 Å². The second kappa shape index (κ2) is 4.86. The smallest absolute Gasteiger partial charge is 0.0853 e. The molecule has 1 saturated heterocycles. The van der Waals surface area contributed by atoms with E-state index in [0.29, 0.717) is 5.25 Å². The van der Waals surface area contributed by atoms with Crippen molar-refractivity contribution >= 4 is 17.4 Å². The monoisotopic (exact) mass is 224 g/mol. The van der Waals surface area contributed by atoms with E-state index >= 15 is 0 Å². The first-order valence-corrected chi connectivity index (χ1v) is 6.27. The van der Waals surface area contributed by atoms with Gasteiger partial charge in [0.25, 0.3) is 0 Å². The van der Waals surface area contributed by atoms with E-state index < -0.39 is 0 Å². The summed E-state index contributed by atoms with van der Waals surface area (Å²) < 4.78 is 0. The van der Waals surface area contributed by atoms with Gasteiger partial charge in [0.15, 0.2) is 0 Å². The van der Waals surface area contributed by atoms with Gasteiger partial charge in [-0.3, -0.25) is 4.98 Å². The Kier molecular flexibility index (Phi) is 3.49. The average Bonchev–Trinajstić information content (AvgIpc) is 2.29. The predicted molar refractivity (Wildman–Crippen MR) is 64.3 cm³/mol. The minimum Gasteiger partial charge on any atom is -0.390 e. The summed E-state index contributed by atoms with van der Waals surface area (Å²) in [7, 11) is 0. The lowest BCUT2D eigenvalue weighted by Gasteiger charge is -2.32. The molecule has 1 N–H and O–H groups in total. The summed E-state index contributed by atoms with van der Waals surface area (Å²) in [5.41, 5.74) is 1.93. The predicted octanol–water partition coefficient (Wildman–Crippen LogP) is 1.52. The highest BCUT2D eigenvalue weighted by atomic mass is 32.2. The molecule has 1 atom stereocenters. The van der Waals surface area contributed by atoms with E-state index in [9.17, 15) is 0 Å². The Balaban J connectivity index is 2.13. The Bertz CT molecular complexity index is 332. The molecule has 2 heterocycles. The van der Waals surface area contributed by atoms with Crippen LogP contribution in [0.15, 0.2) is 18.3 Å². The Hall–Kier alpha value is -0.740. The maximum absolute atomic E-state index is 9.03. The number of aromatic nitrogens is 1. The average molecular weight is 224 g/mol. The van der Waals surface area contributed by atoms with Crippen LogP contribution in [0.5, 0.6) is 0 Å². The molecule has 15 heavy (non-hydrogen) atoms. The first-order valence-electron chi connectivity index (χ1n) is 5.22. The van der Waals surface area contributed by atoms with Crippen molar-refractivity contribution in [2.24, 2.45) is 0 Å². The fraction of sp³-hybridized carbons (Fsp3) is 0.545. The van der Waals surface area contributed by atoms with Crippen molar-refractivity contribution in [3.63, 3.8) is 0 Å². The van der Waals surface area contributed by atoms with Crippen LogP contribution >= 0.6 is 11.8 Å². The molecule has 0 aromatic carbocycles. The number of hydrogen-bond donors (Lipinski definition) is 1. The van der Waals surface area contributed by atoms with Crippen LogP contribution in [0.2, 0.25) is 0 Å². The van der Waals surface area contributed by atoms with Gasteiger partial charge >= 0.3 is 0 Å². The topological polar surface area (TPSA) is 36.4 Å². The minimum absolute atomic E-state index is 0.0198. The number of hydrogen-bond acceptors (Lipinski definition) is 4. The highest BCUT2D eigenvalue weighted by Crippen LogP contribution is 2.23. The molecule has 82 valence electrons. The zero-order valence-electron chi connectivity index (χ0n) is 8.89. The molecule has 2 rings (SSSR count). The third-order valence-corrected chi connectivity index (χ3v) is 3.70. The summed E-state index contributed by atoms with van der Waals surface area (Å²) >= 11 is 2.02. The van der Waals surface area contributed by atoms with Gasteiger partial charge < -0.3 is 10.0 Å². The second-order valence-electron chi connectivity index (χ2n) is 3.79. The van der Waals surface area contributed by atoms with Crippen molar-refractivity contribution in [2.45, 2.75) is 18.8 Å². The lowest BCUT2D eigenvalue weighted by atomic mass is 10.2. The van der Waals surface area contributed by atoms with Gasteiger partial charge in [-0.2, -0.15) is 11.8 Å². The van der Waals surface area contributed by atoms with Crippen molar-refractivity contribution in [3.05, 3.63) is 24.0 Å². The number of aliphatic hydroxyl groups excluding tert-OH is 1. The Morgan fingerprint density at radius 1 is 1.67 bits per heavy atom. The van der Waals surface area contributed by atoms with Crippen LogP contribution < -0.4 is 4.90 Å². The number of nitrogens with zero attached hydrogens (tertiary/aromatic N) is 2. The SMILES string of the molecule is CC1CN(c2ccnc(CO)c2)CCS1. The van der Waals surface area contributed by atoms with E-state index in [2.05, 4.69) is 16.8 Å². The molecule has 0 saturated carbocycles. The molecule has 1 aliphatic rings. The van der Waals surface area contributed by atoms with Crippen LogP contribution in [0.3, 0.4) is 0 Å². The quantitative estimate of drug-likeness (QED) is 0.826. The maximum Gasteiger partial charge on any atom is 0.0853 e. The molecule has 4 heteroatoms. The normalized spacial score (nSPS) is 21.7. The zero-order chi connectivity index (χ0) is 10.7. The van der Waals surface area contributed by atoms with Crippen LogP contribution in [0.4, 0.5) is 5.69 Å². The summed E-state index contributed by atoms with van der Waals surface area (Å²) in [6.45, 7) is 4.44. The summed E-state index contributed by atoms with van der Waals surface area (Å²) in [5.74, 6) is 1.18. The lowest BCUT2D eigenvalue weighted by molar-refractivity contribution is 0.277. The highest BCUT2D eigenvalue weighted by Gasteiger charge is 2.17. The molecular formula is C11H16N2OS. The molecule has 0 spiro atoms. The fourth-order valence-electron chi connectivity index (χ4n) is 1.80. The van der Waals surface area contributed by atoms with Gasteiger partial charge in [0, 0.05) is 36.0 Å². The number of rotatable bonds is 2. The van der Waals surface area contributed by atoms with Crippen LogP contribution in [0.25, 0.3) is 0 Å². The lowest BCUT2D eigenvalue weighted by Crippen LogP contribution is -2.36. The van der Waals surface area contributed by atoms with Crippen LogP contribution in [0, 0.1) is 0 Å². The van der Waals surface area contributed by atoms with E-state index in [1.807, 2.05) is 23.9 Å². The van der Waals surface area contributed by atoms with Crippen LogP contribution in [0.1, 0.15) is 12.6 Å². The van der Waals surface area contributed by atoms with Gasteiger partial charge in [-0.25, -0.2) is 0 Å². The van der Waals surface area contributed by atoms with Gasteiger partial charge in [0.2, 0.25) is 0 Å². The van der Waals surface area contributed by atoms with Crippen molar-refractivity contribution in [3.8, 4) is 0 Å². The molecule has 0 bridgehead atoms. The van der Waals surface area contributed by atoms with E-state index in [1.165, 1.54) is 11.4 Å². The molecule has 1 aromatic rings. The molecule has 3 nitrogen and oxygen atoms in total. The van der Waals surface area contributed by atoms with Crippen molar-refractivity contribution < 1.29 is 5.11 Å². The van der Waals surface area contributed by atoms with E-state index in [0.717, 1.165) is 18.8 Å². The Morgan fingerprint density at radius 2 is 2.53 bits per heavy atom. The molecule has 1 aromatic heterocycles. The Morgan fingerprint density at radius 3 is 3.27 bits per heavy atom.